The van der Waals surface area contributed by atoms with E-state index in [1.807, 2.05) is 54.1 Å². The molecule has 2 heterocycles. The van der Waals surface area contributed by atoms with Gasteiger partial charge in [-0.1, -0.05) is 72.8 Å². The second-order valence-electron chi connectivity index (χ2n) is 7.30. The molecule has 1 atom stereocenters. The molecule has 29 heavy (non-hydrogen) atoms. The third kappa shape index (κ3) is 3.03. The van der Waals surface area contributed by atoms with Crippen LogP contribution in [0, 0.1) is 6.92 Å². The molecule has 1 aliphatic heterocycles. The van der Waals surface area contributed by atoms with Crippen LogP contribution >= 0.6 is 0 Å². The molecule has 5 rings (SSSR count). The highest BCUT2D eigenvalue weighted by Gasteiger charge is 2.30. The first-order chi connectivity index (χ1) is 14.2. The molecule has 3 aromatic carbocycles. The van der Waals surface area contributed by atoms with Crippen molar-refractivity contribution in [2.24, 2.45) is 4.99 Å². The molecule has 4 aromatic rings. The summed E-state index contributed by atoms with van der Waals surface area (Å²) in [5, 5.41) is 15.3. The molecule has 0 fully saturated rings. The Bertz CT molecular complexity index is 1190. The Balaban J connectivity index is 1.75. The van der Waals surface area contributed by atoms with Crippen LogP contribution in [0.1, 0.15) is 29.3 Å². The van der Waals surface area contributed by atoms with E-state index in [0.717, 1.165) is 33.9 Å². The standard InChI is InChI=1S/C25H21N3O/c1-17-24(19-12-6-3-7-13-19)25-26-21(20-14-8-9-15-23(20)29)16-22(28(25)27-17)18-10-4-2-5-11-18/h2-15,22,29H,16H2,1H3. The van der Waals surface area contributed by atoms with E-state index < -0.39 is 0 Å². The lowest BCUT2D eigenvalue weighted by Gasteiger charge is -2.25. The maximum Gasteiger partial charge on any atom is 0.159 e. The molecule has 1 aliphatic rings. The number of hydrogen-bond donors (Lipinski definition) is 1. The minimum atomic E-state index is 0.0227. The van der Waals surface area contributed by atoms with E-state index in [4.69, 9.17) is 10.1 Å². The molecule has 0 saturated carbocycles. The predicted molar refractivity (Wildman–Crippen MR) is 116 cm³/mol. The number of nitrogens with zero attached hydrogens (tertiary/aromatic N) is 3. The molecule has 0 saturated heterocycles. The molecule has 4 nitrogen and oxygen atoms in total. The van der Waals surface area contributed by atoms with E-state index >= 15 is 0 Å². The molecule has 0 bridgehead atoms. The van der Waals surface area contributed by atoms with Gasteiger partial charge in [-0.15, -0.1) is 0 Å². The molecule has 1 aromatic heterocycles. The van der Waals surface area contributed by atoms with Crippen molar-refractivity contribution >= 4 is 11.5 Å². The smallest absolute Gasteiger partial charge is 0.159 e. The zero-order valence-corrected chi connectivity index (χ0v) is 16.2. The Morgan fingerprint density at radius 2 is 1.52 bits per heavy atom. The summed E-state index contributed by atoms with van der Waals surface area (Å²) in [6.45, 7) is 2.03. The zero-order valence-electron chi connectivity index (χ0n) is 16.2. The van der Waals surface area contributed by atoms with Gasteiger partial charge in [-0.25, -0.2) is 9.67 Å². The third-order valence-electron chi connectivity index (χ3n) is 5.44. The van der Waals surface area contributed by atoms with Gasteiger partial charge >= 0.3 is 0 Å². The maximum absolute atomic E-state index is 10.5. The van der Waals surface area contributed by atoms with Crippen molar-refractivity contribution in [3.63, 3.8) is 0 Å². The number of aromatic nitrogens is 2. The molecule has 1 N–H and O–H groups in total. The first kappa shape index (κ1) is 17.4. The van der Waals surface area contributed by atoms with Crippen molar-refractivity contribution in [1.82, 2.24) is 9.78 Å². The summed E-state index contributed by atoms with van der Waals surface area (Å²) in [6.07, 6.45) is 0.671. The van der Waals surface area contributed by atoms with E-state index in [1.165, 1.54) is 5.56 Å². The van der Waals surface area contributed by atoms with Gasteiger partial charge in [0.05, 0.1) is 17.4 Å². The number of aryl methyl sites for hydroxylation is 1. The van der Waals surface area contributed by atoms with Crippen molar-refractivity contribution in [3.05, 3.63) is 102 Å². The summed E-state index contributed by atoms with van der Waals surface area (Å²) in [4.78, 5) is 5.01. The minimum absolute atomic E-state index is 0.0227. The number of phenolic OH excluding ortho intramolecular Hbond substituents is 1. The Kier molecular flexibility index (Phi) is 4.24. The van der Waals surface area contributed by atoms with Crippen LogP contribution < -0.4 is 0 Å². The Morgan fingerprint density at radius 3 is 2.24 bits per heavy atom. The number of rotatable bonds is 3. The van der Waals surface area contributed by atoms with Crippen LogP contribution in [0.3, 0.4) is 0 Å². The minimum Gasteiger partial charge on any atom is -0.507 e. The summed E-state index contributed by atoms with van der Waals surface area (Å²) in [5.74, 6) is 1.09. The largest absolute Gasteiger partial charge is 0.507 e. The number of aromatic hydroxyl groups is 1. The number of hydrogen-bond acceptors (Lipinski definition) is 3. The van der Waals surface area contributed by atoms with Gasteiger partial charge in [-0.05, 0) is 30.2 Å². The van der Waals surface area contributed by atoms with E-state index in [1.54, 1.807) is 6.07 Å². The monoisotopic (exact) mass is 379 g/mol. The molecular formula is C25H21N3O. The summed E-state index contributed by atoms with van der Waals surface area (Å²) in [7, 11) is 0. The number of aliphatic imine (C=N–C) groups is 1. The molecule has 0 aliphatic carbocycles. The summed E-state index contributed by atoms with van der Waals surface area (Å²) in [5.41, 5.74) is 5.92. The third-order valence-corrected chi connectivity index (χ3v) is 5.44. The van der Waals surface area contributed by atoms with Crippen LogP contribution in [-0.4, -0.2) is 20.6 Å². The molecule has 0 amide bonds. The molecule has 0 radical (unpaired) electrons. The number of benzene rings is 3. The number of para-hydroxylation sites is 1. The van der Waals surface area contributed by atoms with E-state index in [0.29, 0.717) is 6.42 Å². The first-order valence-corrected chi connectivity index (χ1v) is 9.78. The van der Waals surface area contributed by atoms with Gasteiger partial charge in [0.15, 0.2) is 5.82 Å². The average molecular weight is 379 g/mol. The topological polar surface area (TPSA) is 50.4 Å². The zero-order chi connectivity index (χ0) is 19.8. The predicted octanol–water partition coefficient (Wildman–Crippen LogP) is 5.68. The van der Waals surface area contributed by atoms with E-state index in [-0.39, 0.29) is 11.8 Å². The van der Waals surface area contributed by atoms with E-state index in [9.17, 15) is 5.11 Å². The van der Waals surface area contributed by atoms with Gasteiger partial charge in [-0.2, -0.15) is 5.10 Å². The Labute approximate surface area is 169 Å². The number of fused-ring (bicyclic) bond motifs is 1. The molecule has 1 unspecified atom stereocenters. The van der Waals surface area contributed by atoms with Crippen molar-refractivity contribution in [1.29, 1.82) is 0 Å². The molecule has 0 spiro atoms. The quantitative estimate of drug-likeness (QED) is 0.498. The fourth-order valence-electron chi connectivity index (χ4n) is 4.07. The van der Waals surface area contributed by atoms with Crippen LogP contribution in [0.15, 0.2) is 89.9 Å². The Hall–Kier alpha value is -3.66. The number of phenols is 1. The highest BCUT2D eigenvalue weighted by atomic mass is 16.3. The van der Waals surface area contributed by atoms with Gasteiger partial charge in [-0.3, -0.25) is 0 Å². The van der Waals surface area contributed by atoms with Crippen LogP contribution in [0.4, 0.5) is 5.82 Å². The first-order valence-electron chi connectivity index (χ1n) is 9.78. The summed E-state index contributed by atoms with van der Waals surface area (Å²) in [6, 6.07) is 28.1. The van der Waals surface area contributed by atoms with Gasteiger partial charge in [0, 0.05) is 17.5 Å². The van der Waals surface area contributed by atoms with Gasteiger partial charge in [0.1, 0.15) is 5.75 Å². The maximum atomic E-state index is 10.5. The summed E-state index contributed by atoms with van der Waals surface area (Å²) < 4.78 is 2.04. The second-order valence-corrected chi connectivity index (χ2v) is 7.30. The van der Waals surface area contributed by atoms with E-state index in [2.05, 4.69) is 36.4 Å². The van der Waals surface area contributed by atoms with Gasteiger partial charge in [0.2, 0.25) is 0 Å². The Morgan fingerprint density at radius 1 is 0.862 bits per heavy atom. The van der Waals surface area contributed by atoms with Crippen molar-refractivity contribution < 1.29 is 5.11 Å². The summed E-state index contributed by atoms with van der Waals surface area (Å²) >= 11 is 0. The fraction of sp³-hybridized carbons (Fsp3) is 0.120. The lowest BCUT2D eigenvalue weighted by molar-refractivity contribution is 0.472. The van der Waals surface area contributed by atoms with Crippen molar-refractivity contribution in [3.8, 4) is 16.9 Å². The van der Waals surface area contributed by atoms with Gasteiger partial charge in [0.25, 0.3) is 0 Å². The normalized spacial score (nSPS) is 15.6. The molecule has 4 heteroatoms. The van der Waals surface area contributed by atoms with Crippen LogP contribution in [0.5, 0.6) is 5.75 Å². The average Bonchev–Trinajstić information content (AvgIpc) is 3.10. The SMILES string of the molecule is Cc1nn2c(c1-c1ccccc1)N=C(c1ccccc1O)CC2c1ccccc1. The van der Waals surface area contributed by atoms with Crippen LogP contribution in [0.2, 0.25) is 0 Å². The second kappa shape index (κ2) is 7.06. The lowest BCUT2D eigenvalue weighted by Crippen LogP contribution is -2.21. The van der Waals surface area contributed by atoms with Crippen molar-refractivity contribution in [2.45, 2.75) is 19.4 Å². The van der Waals surface area contributed by atoms with Crippen LogP contribution in [-0.2, 0) is 0 Å². The molecular weight excluding hydrogens is 358 g/mol. The highest BCUT2D eigenvalue weighted by Crippen LogP contribution is 2.42. The highest BCUT2D eigenvalue weighted by molar-refractivity contribution is 6.06. The van der Waals surface area contributed by atoms with Crippen LogP contribution in [0.25, 0.3) is 11.1 Å². The van der Waals surface area contributed by atoms with Crippen molar-refractivity contribution in [2.75, 3.05) is 0 Å². The van der Waals surface area contributed by atoms with Gasteiger partial charge < -0.3 is 5.11 Å². The lowest BCUT2D eigenvalue weighted by atomic mass is 9.95. The fourth-order valence-corrected chi connectivity index (χ4v) is 4.07. The molecule has 142 valence electrons.